The molecule has 0 aliphatic heterocycles. The molecule has 2 aromatic carbocycles. The number of aryl methyl sites for hydroxylation is 1. The summed E-state index contributed by atoms with van der Waals surface area (Å²) in [6.45, 7) is 2.12. The Hall–Kier alpha value is -2.77. The maximum absolute atomic E-state index is 9.40. The van der Waals surface area contributed by atoms with Crippen molar-refractivity contribution in [3.05, 3.63) is 59.8 Å². The number of nitrogens with zero attached hydrogens (tertiary/aromatic N) is 2. The molecule has 4 nitrogen and oxygen atoms in total. The highest BCUT2D eigenvalue weighted by atomic mass is 35.5. The molecule has 0 atom stereocenters. The SMILES string of the molecule is CCc1ccc(Nc2c(C#N)cnc3ccc(OC)cc23)cc1.Cl. The summed E-state index contributed by atoms with van der Waals surface area (Å²) >= 11 is 0. The highest BCUT2D eigenvalue weighted by Gasteiger charge is 2.10. The summed E-state index contributed by atoms with van der Waals surface area (Å²) in [5.41, 5.74) is 4.29. The predicted octanol–water partition coefficient (Wildman–Crippen LogP) is 4.84. The highest BCUT2D eigenvalue weighted by molar-refractivity contribution is 5.96. The fourth-order valence-corrected chi connectivity index (χ4v) is 2.49. The largest absolute Gasteiger partial charge is 0.497 e. The Bertz CT molecular complexity index is 885. The van der Waals surface area contributed by atoms with Crippen LogP contribution in [0.5, 0.6) is 5.75 Å². The Morgan fingerprint density at radius 3 is 2.54 bits per heavy atom. The van der Waals surface area contributed by atoms with Gasteiger partial charge in [-0.3, -0.25) is 4.98 Å². The molecule has 0 aliphatic rings. The predicted molar refractivity (Wildman–Crippen MR) is 99.4 cm³/mol. The first-order chi connectivity index (χ1) is 11.2. The van der Waals surface area contributed by atoms with E-state index in [1.54, 1.807) is 13.3 Å². The Labute approximate surface area is 147 Å². The van der Waals surface area contributed by atoms with Crippen LogP contribution in [-0.2, 0) is 6.42 Å². The van der Waals surface area contributed by atoms with Crippen molar-refractivity contribution in [1.29, 1.82) is 5.26 Å². The summed E-state index contributed by atoms with van der Waals surface area (Å²) in [5.74, 6) is 0.735. The van der Waals surface area contributed by atoms with Gasteiger partial charge in [0.2, 0.25) is 0 Å². The van der Waals surface area contributed by atoms with Gasteiger partial charge in [-0.25, -0.2) is 0 Å². The van der Waals surface area contributed by atoms with Crippen LogP contribution in [-0.4, -0.2) is 12.1 Å². The van der Waals surface area contributed by atoms with Crippen molar-refractivity contribution in [2.24, 2.45) is 0 Å². The maximum atomic E-state index is 9.40. The van der Waals surface area contributed by atoms with Crippen LogP contribution in [0.25, 0.3) is 10.9 Å². The van der Waals surface area contributed by atoms with E-state index >= 15 is 0 Å². The van der Waals surface area contributed by atoms with E-state index in [1.165, 1.54) is 5.56 Å². The summed E-state index contributed by atoms with van der Waals surface area (Å²) < 4.78 is 5.29. The zero-order valence-corrected chi connectivity index (χ0v) is 14.4. The van der Waals surface area contributed by atoms with E-state index in [0.717, 1.165) is 34.4 Å². The third-order valence-corrected chi connectivity index (χ3v) is 3.83. The lowest BCUT2D eigenvalue weighted by Gasteiger charge is -2.12. The molecule has 24 heavy (non-hydrogen) atoms. The van der Waals surface area contributed by atoms with Gasteiger partial charge in [-0.05, 0) is 42.3 Å². The summed E-state index contributed by atoms with van der Waals surface area (Å²) in [6.07, 6.45) is 2.59. The molecule has 3 aromatic rings. The second-order valence-electron chi connectivity index (χ2n) is 5.22. The quantitative estimate of drug-likeness (QED) is 0.738. The van der Waals surface area contributed by atoms with Crippen molar-refractivity contribution >= 4 is 34.7 Å². The zero-order chi connectivity index (χ0) is 16.2. The smallest absolute Gasteiger partial charge is 0.119 e. The van der Waals surface area contributed by atoms with Crippen LogP contribution in [0.3, 0.4) is 0 Å². The van der Waals surface area contributed by atoms with Gasteiger partial charge < -0.3 is 10.1 Å². The lowest BCUT2D eigenvalue weighted by Crippen LogP contribution is -1.97. The molecule has 0 amide bonds. The van der Waals surface area contributed by atoms with Crippen molar-refractivity contribution in [2.45, 2.75) is 13.3 Å². The molecule has 0 unspecified atom stereocenters. The van der Waals surface area contributed by atoms with E-state index in [-0.39, 0.29) is 12.4 Å². The Morgan fingerprint density at radius 2 is 1.92 bits per heavy atom. The molecular formula is C19H18ClN3O. The normalized spacial score (nSPS) is 9.88. The molecule has 0 fully saturated rings. The molecule has 0 aliphatic carbocycles. The van der Waals surface area contributed by atoms with Gasteiger partial charge in [0.05, 0.1) is 23.9 Å². The van der Waals surface area contributed by atoms with Gasteiger partial charge in [0, 0.05) is 17.3 Å². The minimum absolute atomic E-state index is 0. The van der Waals surface area contributed by atoms with Gasteiger partial charge in [-0.1, -0.05) is 19.1 Å². The molecule has 1 aromatic heterocycles. The van der Waals surface area contributed by atoms with Crippen molar-refractivity contribution in [2.75, 3.05) is 12.4 Å². The monoisotopic (exact) mass is 339 g/mol. The number of ether oxygens (including phenoxy) is 1. The average molecular weight is 340 g/mol. The number of nitriles is 1. The molecule has 0 radical (unpaired) electrons. The summed E-state index contributed by atoms with van der Waals surface area (Å²) in [6, 6.07) is 16.1. The molecule has 0 saturated carbocycles. The van der Waals surface area contributed by atoms with E-state index in [4.69, 9.17) is 4.74 Å². The van der Waals surface area contributed by atoms with Crippen LogP contribution in [0.15, 0.2) is 48.7 Å². The van der Waals surface area contributed by atoms with Crippen molar-refractivity contribution in [3.63, 3.8) is 0 Å². The summed E-state index contributed by atoms with van der Waals surface area (Å²) in [5, 5.41) is 13.6. The number of hydrogen-bond acceptors (Lipinski definition) is 4. The van der Waals surface area contributed by atoms with Gasteiger partial charge in [-0.15, -0.1) is 12.4 Å². The molecule has 3 rings (SSSR count). The molecule has 0 saturated heterocycles. The zero-order valence-electron chi connectivity index (χ0n) is 13.5. The minimum atomic E-state index is 0. The van der Waals surface area contributed by atoms with Gasteiger partial charge in [-0.2, -0.15) is 5.26 Å². The topological polar surface area (TPSA) is 57.9 Å². The second kappa shape index (κ2) is 7.67. The van der Waals surface area contributed by atoms with E-state index in [9.17, 15) is 5.26 Å². The number of pyridine rings is 1. The van der Waals surface area contributed by atoms with Crippen molar-refractivity contribution < 1.29 is 4.74 Å². The minimum Gasteiger partial charge on any atom is -0.497 e. The molecule has 0 spiro atoms. The van der Waals surface area contributed by atoms with Gasteiger partial charge >= 0.3 is 0 Å². The van der Waals surface area contributed by atoms with Crippen LogP contribution in [0.4, 0.5) is 11.4 Å². The first kappa shape index (κ1) is 17.6. The molecule has 5 heteroatoms. The van der Waals surface area contributed by atoms with E-state index in [0.29, 0.717) is 5.56 Å². The number of aromatic nitrogens is 1. The lowest BCUT2D eigenvalue weighted by atomic mass is 10.1. The highest BCUT2D eigenvalue weighted by Crippen LogP contribution is 2.31. The lowest BCUT2D eigenvalue weighted by molar-refractivity contribution is 0.415. The van der Waals surface area contributed by atoms with Crippen LogP contribution < -0.4 is 10.1 Å². The van der Waals surface area contributed by atoms with Crippen molar-refractivity contribution in [3.8, 4) is 11.8 Å². The number of rotatable bonds is 4. The van der Waals surface area contributed by atoms with Crippen LogP contribution in [0, 0.1) is 11.3 Å². The number of anilines is 2. The summed E-state index contributed by atoms with van der Waals surface area (Å²) in [7, 11) is 1.62. The Balaban J connectivity index is 0.00000208. The molecule has 1 N–H and O–H groups in total. The van der Waals surface area contributed by atoms with Gasteiger partial charge in [0.15, 0.2) is 0 Å². The number of methoxy groups -OCH3 is 1. The fraction of sp³-hybridized carbons (Fsp3) is 0.158. The molecule has 1 heterocycles. The molecule has 122 valence electrons. The Morgan fingerprint density at radius 1 is 1.17 bits per heavy atom. The van der Waals surface area contributed by atoms with E-state index in [2.05, 4.69) is 35.4 Å². The average Bonchev–Trinajstić information content (AvgIpc) is 2.62. The first-order valence-electron chi connectivity index (χ1n) is 7.48. The number of halogens is 1. The van der Waals surface area contributed by atoms with Crippen LogP contribution in [0.2, 0.25) is 0 Å². The molecular weight excluding hydrogens is 322 g/mol. The van der Waals surface area contributed by atoms with E-state index in [1.807, 2.05) is 30.3 Å². The molecule has 0 bridgehead atoms. The number of nitrogens with one attached hydrogen (secondary N) is 1. The standard InChI is InChI=1S/C19H17N3O.ClH/c1-3-13-4-6-15(7-5-13)22-19-14(11-20)12-21-18-9-8-16(23-2)10-17(18)19;/h4-10,12H,3H2,1-2H3,(H,21,22);1H. The van der Waals surface area contributed by atoms with Gasteiger partial charge in [0.25, 0.3) is 0 Å². The second-order valence-corrected chi connectivity index (χ2v) is 5.22. The first-order valence-corrected chi connectivity index (χ1v) is 7.48. The van der Waals surface area contributed by atoms with Crippen LogP contribution >= 0.6 is 12.4 Å². The Kier molecular flexibility index (Phi) is 5.62. The van der Waals surface area contributed by atoms with E-state index < -0.39 is 0 Å². The van der Waals surface area contributed by atoms with Crippen molar-refractivity contribution in [1.82, 2.24) is 4.98 Å². The maximum Gasteiger partial charge on any atom is 0.119 e. The summed E-state index contributed by atoms with van der Waals surface area (Å²) in [4.78, 5) is 4.34. The van der Waals surface area contributed by atoms with Gasteiger partial charge in [0.1, 0.15) is 11.8 Å². The third kappa shape index (κ3) is 3.42. The third-order valence-electron chi connectivity index (χ3n) is 3.83. The van der Waals surface area contributed by atoms with Crippen LogP contribution in [0.1, 0.15) is 18.1 Å². The number of benzene rings is 2. The number of hydrogen-bond donors (Lipinski definition) is 1. The number of fused-ring (bicyclic) bond motifs is 1. The fourth-order valence-electron chi connectivity index (χ4n) is 2.49.